The van der Waals surface area contributed by atoms with Crippen molar-refractivity contribution >= 4 is 170 Å². The lowest BCUT2D eigenvalue weighted by atomic mass is 9.91. The molecule has 0 aliphatic heterocycles. The van der Waals surface area contributed by atoms with Crippen LogP contribution in [0.5, 0.6) is 0 Å². The molecular formula is C120H78N6O3S15. The van der Waals surface area contributed by atoms with Crippen molar-refractivity contribution in [3.63, 3.8) is 0 Å². The van der Waals surface area contributed by atoms with E-state index in [-0.39, 0.29) is 0 Å². The molecule has 144 heavy (non-hydrogen) atoms. The minimum Gasteiger partial charge on any atom is -0.464 e. The summed E-state index contributed by atoms with van der Waals surface area (Å²) in [5, 5.41) is 60.3. The maximum atomic E-state index is 5.77. The van der Waals surface area contributed by atoms with Crippen LogP contribution in [0.3, 0.4) is 0 Å². The Morgan fingerprint density at radius 2 is 0.375 bits per heavy atom. The van der Waals surface area contributed by atoms with E-state index in [0.29, 0.717) is 0 Å². The molecule has 24 heterocycles. The van der Waals surface area contributed by atoms with Gasteiger partial charge in [0.05, 0.1) is 35.9 Å². The van der Waals surface area contributed by atoms with Crippen LogP contribution in [0.2, 0.25) is 0 Å². The van der Waals surface area contributed by atoms with E-state index in [1.807, 2.05) is 89.0 Å². The smallest absolute Gasteiger partial charge is 0.135 e. The molecule has 0 bridgehead atoms. The maximum absolute atomic E-state index is 5.77. The van der Waals surface area contributed by atoms with Crippen LogP contribution in [0.1, 0.15) is 0 Å². The van der Waals surface area contributed by atoms with Crippen LogP contribution in [-0.2, 0) is 0 Å². The second kappa shape index (κ2) is 41.3. The summed E-state index contributed by atoms with van der Waals surface area (Å²) in [5.74, 6) is 2.62. The van der Waals surface area contributed by atoms with Crippen molar-refractivity contribution in [3.8, 4) is 250 Å². The number of hydrogen-bond donors (Lipinski definition) is 3. The molecule has 0 saturated heterocycles. The second-order valence-corrected chi connectivity index (χ2v) is 45.7. The van der Waals surface area contributed by atoms with Crippen molar-refractivity contribution in [2.75, 3.05) is 0 Å². The number of benzene rings is 4. The zero-order valence-electron chi connectivity index (χ0n) is 76.0. The summed E-state index contributed by atoms with van der Waals surface area (Å²) < 4.78 is 23.9. The van der Waals surface area contributed by atoms with E-state index in [0.717, 1.165) is 84.4 Å². The second-order valence-electron chi connectivity index (χ2n) is 33.9. The lowest BCUT2D eigenvalue weighted by molar-refractivity contribution is 0.582. The van der Waals surface area contributed by atoms with Crippen molar-refractivity contribution < 1.29 is 13.3 Å². The fraction of sp³-hybridized carbons (Fsp3) is 0. The number of rotatable bonds is 24. The fourth-order valence-corrected chi connectivity index (χ4v) is 31.2. The number of aromatic nitrogens is 6. The zero-order chi connectivity index (χ0) is 95.6. The lowest BCUT2D eigenvalue weighted by Gasteiger charge is -2.14. The van der Waals surface area contributed by atoms with E-state index in [2.05, 4.69) is 393 Å². The summed E-state index contributed by atoms with van der Waals surface area (Å²) in [6.45, 7) is 0. The van der Waals surface area contributed by atoms with Crippen LogP contribution in [0, 0.1) is 0 Å². The van der Waals surface area contributed by atoms with E-state index in [9.17, 15) is 0 Å². The largest absolute Gasteiger partial charge is 0.464 e. The van der Waals surface area contributed by atoms with Gasteiger partial charge in [-0.2, -0.15) is 102 Å². The van der Waals surface area contributed by atoms with Crippen LogP contribution in [-0.4, -0.2) is 28.7 Å². The minimum atomic E-state index is 0.872. The Balaban J connectivity index is 0.000000101. The molecule has 24 heteroatoms. The van der Waals surface area contributed by atoms with E-state index < -0.39 is 0 Å². The molecule has 0 aliphatic rings. The number of thiophene rings is 15. The van der Waals surface area contributed by atoms with Gasteiger partial charge in [0.2, 0.25) is 0 Å². The number of aromatic amines is 3. The molecule has 0 saturated carbocycles. The van der Waals surface area contributed by atoms with Crippen molar-refractivity contribution in [2.45, 2.75) is 0 Å². The highest BCUT2D eigenvalue weighted by molar-refractivity contribution is 7.16. The Morgan fingerprint density at radius 1 is 0.174 bits per heavy atom. The van der Waals surface area contributed by atoms with E-state index >= 15 is 0 Å². The van der Waals surface area contributed by atoms with Gasteiger partial charge in [-0.15, -0.1) is 68.0 Å². The van der Waals surface area contributed by atoms with Gasteiger partial charge in [-0.3, -0.25) is 0 Å². The lowest BCUT2D eigenvalue weighted by Crippen LogP contribution is -1.94. The quantitative estimate of drug-likeness (QED) is 0.0562. The summed E-state index contributed by atoms with van der Waals surface area (Å²) in [6.07, 6.45) is 23.8. The number of nitrogens with one attached hydrogen (secondary N) is 3. The van der Waals surface area contributed by atoms with Gasteiger partial charge in [-0.05, 0) is 348 Å². The molecule has 0 atom stereocenters. The number of H-pyrrole nitrogens is 3. The average molecular weight is 2130 g/mol. The highest BCUT2D eigenvalue weighted by Crippen LogP contribution is 2.52. The molecule has 28 rings (SSSR count). The first-order valence-corrected chi connectivity index (χ1v) is 59.8. The molecule has 0 spiro atoms. The van der Waals surface area contributed by atoms with Crippen LogP contribution < -0.4 is 0 Å². The first-order valence-electron chi connectivity index (χ1n) is 45.8. The Labute approximate surface area is 890 Å². The van der Waals surface area contributed by atoms with Crippen LogP contribution >= 0.6 is 170 Å². The summed E-state index contributed by atoms with van der Waals surface area (Å²) in [4.78, 5) is 14.1. The molecule has 28 aromatic rings. The SMILES string of the molecule is c1c[nH]c(-c2cscc2-c2cc(-c3cscc3-c3ccc[nH]3)cc(-c3cscc3-c3ccc[nH]3)c2)c1.c1ccn(-c2cscc2-c2cc(-c3cscc3-n3cccc3)cc(-c3cscc3-n3cccc3)c2)c1.c1coc(-c2cscc2-c2cc(-c3cscc3-c3ccco3)cc(-c3cscc3-c3ccco3)c2)c1.c1csc(-c2cscc2-c2cc(-c3cscc3-c3cccs3)cc(-c3cscc3-c3cccs3)c2)c1. The summed E-state index contributed by atoms with van der Waals surface area (Å²) >= 11 is 26.3. The Hall–Kier alpha value is -14.1. The van der Waals surface area contributed by atoms with Gasteiger partial charge in [0, 0.05) is 269 Å². The van der Waals surface area contributed by atoms with Gasteiger partial charge in [0.25, 0.3) is 0 Å². The molecule has 3 N–H and O–H groups in total. The van der Waals surface area contributed by atoms with E-state index in [1.54, 1.807) is 155 Å². The average Bonchev–Trinajstić information content (AvgIpc) is 1.55. The predicted octanol–water partition coefficient (Wildman–Crippen LogP) is 41.8. The fourth-order valence-electron chi connectivity index (χ4n) is 18.5. The molecule has 696 valence electrons. The molecule has 9 nitrogen and oxygen atoms in total. The Bertz CT molecular complexity index is 7080. The van der Waals surface area contributed by atoms with E-state index in [4.69, 9.17) is 13.3 Å². The van der Waals surface area contributed by atoms with Crippen molar-refractivity contribution in [3.05, 3.63) is 438 Å². The molecule has 0 amide bonds. The Kier molecular flexibility index (Phi) is 26.1. The zero-order valence-corrected chi connectivity index (χ0v) is 88.2. The van der Waals surface area contributed by atoms with Crippen molar-refractivity contribution in [1.29, 1.82) is 0 Å². The van der Waals surface area contributed by atoms with Gasteiger partial charge < -0.3 is 41.9 Å². The highest BCUT2D eigenvalue weighted by atomic mass is 32.1. The normalized spacial score (nSPS) is 11.3. The molecule has 24 aromatic heterocycles. The third kappa shape index (κ3) is 18.5. The van der Waals surface area contributed by atoms with Gasteiger partial charge >= 0.3 is 0 Å². The molecule has 4 aromatic carbocycles. The van der Waals surface area contributed by atoms with Gasteiger partial charge in [0.15, 0.2) is 0 Å². The summed E-state index contributed by atoms with van der Waals surface area (Å²) in [5.41, 5.74) is 47.5. The van der Waals surface area contributed by atoms with Crippen LogP contribution in [0.25, 0.3) is 250 Å². The molecule has 0 radical (unpaired) electrons. The van der Waals surface area contributed by atoms with E-state index in [1.165, 1.54) is 165 Å². The summed E-state index contributed by atoms with van der Waals surface area (Å²) in [6, 6.07) is 78.0. The number of nitrogens with zero attached hydrogens (tertiary/aromatic N) is 3. The molecule has 0 unspecified atom stereocenters. The third-order valence-corrected chi connectivity index (χ3v) is 37.0. The van der Waals surface area contributed by atoms with Crippen molar-refractivity contribution in [1.82, 2.24) is 28.7 Å². The monoisotopic (exact) mass is 2130 g/mol. The summed E-state index contributed by atoms with van der Waals surface area (Å²) in [7, 11) is 0. The topological polar surface area (TPSA) is 102 Å². The first-order chi connectivity index (χ1) is 71.4. The van der Waals surface area contributed by atoms with Crippen LogP contribution in [0.15, 0.2) is 451 Å². The standard InChI is InChI=1S/2C30H21N3S3.C30H18O3S3.C30H18S6/c1-4-28(31-7-1)25-16-34-13-22(25)19-10-20(23-14-35-17-26(23)29-5-2-8-32-29)12-21(11-19)24-15-36-18-27(24)30-6-3-9-33-30;1-2-8-31(7-1)28-19-34-16-25(28)22-13-23(26-17-35-20-29(26)32-9-3-4-10-32)15-24(14-22)27-18-36-21-30(27)33-11-5-6-12-33;1-4-28(31-7-1)25-16-34-13-22(25)19-10-20(23-14-35-17-26(23)29-5-2-8-32-29)12-21(11-19)24-15-36-18-27(24)30-6-3-9-33-30;1-4-28(34-7-1)25-16-31-13-22(25)19-10-20(23-14-32-17-26(23)29-5-2-8-35-29)12-21(11-19)24-15-33-18-27(24)30-6-3-9-36-30/h1-18,31-33H;1-21H;2*1-18H. The predicted molar refractivity (Wildman–Crippen MR) is 626 cm³/mol. The molecular weight excluding hydrogens is 2050 g/mol. The Morgan fingerprint density at radius 3 is 0.590 bits per heavy atom. The minimum absolute atomic E-state index is 0.872. The first kappa shape index (κ1) is 91.1. The maximum Gasteiger partial charge on any atom is 0.135 e. The highest BCUT2D eigenvalue weighted by Gasteiger charge is 2.26. The molecule has 0 fully saturated rings. The number of furan rings is 3. The molecule has 0 aliphatic carbocycles. The van der Waals surface area contributed by atoms with Crippen molar-refractivity contribution in [2.24, 2.45) is 0 Å². The third-order valence-electron chi connectivity index (χ3n) is 25.4. The van der Waals surface area contributed by atoms with Crippen LogP contribution in [0.4, 0.5) is 0 Å². The van der Waals surface area contributed by atoms with Gasteiger partial charge in [0.1, 0.15) is 17.3 Å². The number of hydrogen-bond acceptors (Lipinski definition) is 18. The van der Waals surface area contributed by atoms with Gasteiger partial charge in [-0.1, -0.05) is 18.2 Å². The van der Waals surface area contributed by atoms with Gasteiger partial charge in [-0.25, -0.2) is 0 Å².